The fourth-order valence-electron chi connectivity index (χ4n) is 3.97. The van der Waals surface area contributed by atoms with Gasteiger partial charge in [0.15, 0.2) is 0 Å². The molecule has 6 aromatic rings. The normalized spacial score (nSPS) is 9.90. The minimum atomic E-state index is -0.884. The van der Waals surface area contributed by atoms with Gasteiger partial charge in [0.2, 0.25) is 0 Å². The van der Waals surface area contributed by atoms with Crippen molar-refractivity contribution in [1.82, 2.24) is 0 Å². The zero-order valence-electron chi connectivity index (χ0n) is 21.0. The topological polar surface area (TPSA) is 112 Å². The van der Waals surface area contributed by atoms with E-state index in [1.54, 1.807) is 36.4 Å². The van der Waals surface area contributed by atoms with Crippen molar-refractivity contribution >= 4 is 50.2 Å². The Kier molecular flexibility index (Phi) is 10.8. The van der Waals surface area contributed by atoms with Crippen molar-refractivity contribution in [3.05, 3.63) is 144 Å². The summed E-state index contributed by atoms with van der Waals surface area (Å²) in [6.45, 7) is 0. The monoisotopic (exact) mass is 675 g/mol. The molecule has 0 heterocycles. The molecule has 0 saturated heterocycles. The summed E-state index contributed by atoms with van der Waals surface area (Å²) >= 11 is 0. The van der Waals surface area contributed by atoms with Gasteiger partial charge in [-0.05, 0) is 68.7 Å². The zero-order chi connectivity index (χ0) is 27.8. The first-order valence-electron chi connectivity index (χ1n) is 12.0. The second-order valence-corrected chi connectivity index (χ2v) is 8.60. The van der Waals surface area contributed by atoms with E-state index in [1.165, 1.54) is 0 Å². The predicted octanol–water partition coefficient (Wildman–Crippen LogP) is 7.61. The standard InChI is InChI=1S/3C11H8O2.Tb/c3*12-11(13)10-6-5-8-3-1-2-4-9(8)7-10;/h3*1-7H,(H,12,13);. The zero-order valence-corrected chi connectivity index (χ0v) is 23.2. The first-order valence-corrected chi connectivity index (χ1v) is 12.0. The van der Waals surface area contributed by atoms with E-state index in [0.717, 1.165) is 32.3 Å². The van der Waals surface area contributed by atoms with Crippen LogP contribution in [0.25, 0.3) is 32.3 Å². The average molecular weight is 675 g/mol. The predicted molar refractivity (Wildman–Crippen MR) is 153 cm³/mol. The quantitative estimate of drug-likeness (QED) is 0.178. The molecular weight excluding hydrogens is 651 g/mol. The molecule has 40 heavy (non-hydrogen) atoms. The maximum absolute atomic E-state index is 10.6. The summed E-state index contributed by atoms with van der Waals surface area (Å²) in [4.78, 5) is 31.9. The Bertz CT molecular complexity index is 1600. The van der Waals surface area contributed by atoms with Crippen molar-refractivity contribution in [2.45, 2.75) is 0 Å². The summed E-state index contributed by atoms with van der Waals surface area (Å²) in [6, 6.07) is 38.4. The smallest absolute Gasteiger partial charge is 0.335 e. The van der Waals surface area contributed by atoms with Gasteiger partial charge in [-0.1, -0.05) is 91.0 Å². The van der Waals surface area contributed by atoms with Crippen LogP contribution in [0.1, 0.15) is 31.1 Å². The van der Waals surface area contributed by atoms with Crippen molar-refractivity contribution in [3.8, 4) is 0 Å². The molecule has 0 bridgehead atoms. The molecule has 0 fully saturated rings. The molecule has 7 heteroatoms. The third-order valence-corrected chi connectivity index (χ3v) is 5.99. The Morgan fingerprint density at radius 1 is 0.350 bits per heavy atom. The van der Waals surface area contributed by atoms with Gasteiger partial charge in [0.1, 0.15) is 0 Å². The maximum atomic E-state index is 10.6. The Morgan fingerprint density at radius 2 is 0.575 bits per heavy atom. The Balaban J connectivity index is 0.000000163. The molecule has 0 atom stereocenters. The molecular formula is C33H24O6Tb. The molecule has 0 aliphatic carbocycles. The fraction of sp³-hybridized carbons (Fsp3) is 0. The van der Waals surface area contributed by atoms with E-state index >= 15 is 0 Å². The average Bonchev–Trinajstić information content (AvgIpc) is 2.97. The molecule has 0 aliphatic rings. The van der Waals surface area contributed by atoms with Crippen LogP contribution < -0.4 is 0 Å². The second kappa shape index (κ2) is 14.3. The van der Waals surface area contributed by atoms with E-state index in [1.807, 2.05) is 91.0 Å². The molecule has 0 saturated carbocycles. The number of rotatable bonds is 3. The summed E-state index contributed by atoms with van der Waals surface area (Å²) < 4.78 is 0. The molecule has 6 nitrogen and oxygen atoms in total. The van der Waals surface area contributed by atoms with Crippen molar-refractivity contribution in [2.75, 3.05) is 0 Å². The van der Waals surface area contributed by atoms with Gasteiger partial charge < -0.3 is 15.3 Å². The van der Waals surface area contributed by atoms with Crippen LogP contribution in [0.4, 0.5) is 0 Å². The molecule has 0 spiro atoms. The van der Waals surface area contributed by atoms with Gasteiger partial charge in [0, 0.05) is 38.6 Å². The first-order chi connectivity index (χ1) is 18.8. The number of hydrogen-bond donors (Lipinski definition) is 3. The molecule has 3 N–H and O–H groups in total. The van der Waals surface area contributed by atoms with Crippen LogP contribution in [0.5, 0.6) is 0 Å². The number of carbonyl (C=O) groups is 3. The third-order valence-electron chi connectivity index (χ3n) is 5.99. The number of carboxylic acids is 3. The number of aromatic carboxylic acids is 3. The number of fused-ring (bicyclic) bond motifs is 3. The molecule has 6 rings (SSSR count). The Hall–Kier alpha value is -4.20. The summed E-state index contributed by atoms with van der Waals surface area (Å²) in [5.41, 5.74) is 0.996. The summed E-state index contributed by atoms with van der Waals surface area (Å²) in [5.74, 6) is -2.65. The Labute approximate surface area is 261 Å². The number of hydrogen-bond acceptors (Lipinski definition) is 3. The second-order valence-electron chi connectivity index (χ2n) is 8.60. The van der Waals surface area contributed by atoms with Gasteiger partial charge in [0.25, 0.3) is 0 Å². The summed E-state index contributed by atoms with van der Waals surface area (Å²) in [7, 11) is 0. The molecule has 0 aromatic heterocycles. The van der Waals surface area contributed by atoms with E-state index in [4.69, 9.17) is 15.3 Å². The molecule has 0 amide bonds. The van der Waals surface area contributed by atoms with Gasteiger partial charge in [0.05, 0.1) is 16.7 Å². The molecule has 1 radical (unpaired) electrons. The number of carboxylic acid groups (broad SMARTS) is 3. The van der Waals surface area contributed by atoms with Crippen LogP contribution in [-0.4, -0.2) is 33.2 Å². The molecule has 6 aromatic carbocycles. The molecule has 0 unspecified atom stereocenters. The first kappa shape index (κ1) is 30.3. The largest absolute Gasteiger partial charge is 0.478 e. The number of benzene rings is 6. The maximum Gasteiger partial charge on any atom is 0.335 e. The van der Waals surface area contributed by atoms with Crippen molar-refractivity contribution in [2.24, 2.45) is 0 Å². The third kappa shape index (κ3) is 7.91. The molecule has 201 valence electrons. The van der Waals surface area contributed by atoms with E-state index in [9.17, 15) is 14.4 Å². The van der Waals surface area contributed by atoms with Crippen LogP contribution in [0.3, 0.4) is 0 Å². The van der Waals surface area contributed by atoms with Gasteiger partial charge in [-0.2, -0.15) is 0 Å². The van der Waals surface area contributed by atoms with Crippen LogP contribution in [0.15, 0.2) is 127 Å². The minimum absolute atomic E-state index is 0. The van der Waals surface area contributed by atoms with Gasteiger partial charge >= 0.3 is 17.9 Å². The van der Waals surface area contributed by atoms with Crippen LogP contribution in [-0.2, 0) is 0 Å². The van der Waals surface area contributed by atoms with E-state index in [0.29, 0.717) is 16.7 Å². The Morgan fingerprint density at radius 3 is 0.800 bits per heavy atom. The van der Waals surface area contributed by atoms with Crippen LogP contribution in [0.2, 0.25) is 0 Å². The van der Waals surface area contributed by atoms with Crippen LogP contribution in [0, 0.1) is 38.6 Å². The SMILES string of the molecule is O=C(O)c1ccc2ccccc2c1.O=C(O)c1ccc2ccccc2c1.O=C(O)c1ccc2ccccc2c1.[Tb]. The van der Waals surface area contributed by atoms with Crippen molar-refractivity contribution in [3.63, 3.8) is 0 Å². The van der Waals surface area contributed by atoms with Crippen LogP contribution >= 0.6 is 0 Å². The van der Waals surface area contributed by atoms with Gasteiger partial charge in [-0.3, -0.25) is 0 Å². The van der Waals surface area contributed by atoms with E-state index < -0.39 is 17.9 Å². The van der Waals surface area contributed by atoms with Gasteiger partial charge in [-0.25, -0.2) is 14.4 Å². The van der Waals surface area contributed by atoms with E-state index in [-0.39, 0.29) is 38.6 Å². The summed E-state index contributed by atoms with van der Waals surface area (Å²) in [6.07, 6.45) is 0. The fourth-order valence-corrected chi connectivity index (χ4v) is 3.97. The summed E-state index contributed by atoms with van der Waals surface area (Å²) in [5, 5.41) is 32.3. The van der Waals surface area contributed by atoms with E-state index in [2.05, 4.69) is 0 Å². The van der Waals surface area contributed by atoms with Crippen molar-refractivity contribution < 1.29 is 68.3 Å². The van der Waals surface area contributed by atoms with Gasteiger partial charge in [-0.15, -0.1) is 0 Å². The van der Waals surface area contributed by atoms with Crippen molar-refractivity contribution in [1.29, 1.82) is 0 Å². The molecule has 0 aliphatic heterocycles. The minimum Gasteiger partial charge on any atom is -0.478 e.